The molecule has 0 amide bonds. The van der Waals surface area contributed by atoms with Crippen molar-refractivity contribution in [3.05, 3.63) is 23.8 Å². The molecule has 0 aliphatic heterocycles. The van der Waals surface area contributed by atoms with Gasteiger partial charge in [0, 0.05) is 25.3 Å². The Bertz CT molecular complexity index is 495. The maximum Gasteiger partial charge on any atom is 0.224 e. The summed E-state index contributed by atoms with van der Waals surface area (Å²) in [5.74, 6) is 1.50. The first kappa shape index (κ1) is 10.5. The Kier molecular flexibility index (Phi) is 2.52. The maximum atomic E-state index is 5.97. The zero-order valence-electron chi connectivity index (χ0n) is 9.65. The number of aromatic nitrogens is 3. The van der Waals surface area contributed by atoms with Gasteiger partial charge >= 0.3 is 0 Å². The van der Waals surface area contributed by atoms with E-state index >= 15 is 0 Å². The molecule has 1 aromatic heterocycles. The molecule has 3 N–H and O–H groups in total. The zero-order valence-corrected chi connectivity index (χ0v) is 9.65. The predicted octanol–water partition coefficient (Wildman–Crippen LogP) is 1.41. The lowest BCUT2D eigenvalue weighted by Crippen LogP contribution is -2.02. The average Bonchev–Trinajstić information content (AvgIpc) is 2.60. The van der Waals surface area contributed by atoms with Crippen molar-refractivity contribution in [1.82, 2.24) is 14.8 Å². The van der Waals surface area contributed by atoms with Gasteiger partial charge in [-0.25, -0.2) is 0 Å². The average molecular weight is 217 g/mol. The van der Waals surface area contributed by atoms with E-state index in [0.717, 1.165) is 28.6 Å². The van der Waals surface area contributed by atoms with Crippen molar-refractivity contribution in [2.24, 2.45) is 7.05 Å². The van der Waals surface area contributed by atoms with Crippen molar-refractivity contribution in [3.8, 4) is 11.4 Å². The van der Waals surface area contributed by atoms with Crippen molar-refractivity contribution in [2.45, 2.75) is 6.92 Å². The summed E-state index contributed by atoms with van der Waals surface area (Å²) in [5.41, 5.74) is 8.73. The third-order valence-corrected chi connectivity index (χ3v) is 2.63. The molecule has 5 heteroatoms. The normalized spacial score (nSPS) is 10.4. The summed E-state index contributed by atoms with van der Waals surface area (Å²) < 4.78 is 1.89. The molecule has 5 nitrogen and oxygen atoms in total. The highest BCUT2D eigenvalue weighted by atomic mass is 15.3. The smallest absolute Gasteiger partial charge is 0.224 e. The van der Waals surface area contributed by atoms with Gasteiger partial charge in [0.25, 0.3) is 0 Å². The summed E-state index contributed by atoms with van der Waals surface area (Å²) in [5, 5.41) is 11.2. The van der Waals surface area contributed by atoms with E-state index < -0.39 is 0 Å². The number of aryl methyl sites for hydroxylation is 1. The van der Waals surface area contributed by atoms with Crippen molar-refractivity contribution in [3.63, 3.8) is 0 Å². The molecule has 0 unspecified atom stereocenters. The minimum Gasteiger partial charge on any atom is -0.398 e. The SMILES string of the molecule is CNc1nnc(-c2c(C)cccc2N)n1C. The van der Waals surface area contributed by atoms with Crippen LogP contribution in [-0.2, 0) is 7.05 Å². The second kappa shape index (κ2) is 3.84. The van der Waals surface area contributed by atoms with Crippen LogP contribution in [0, 0.1) is 6.92 Å². The summed E-state index contributed by atoms with van der Waals surface area (Å²) in [6, 6.07) is 5.82. The van der Waals surface area contributed by atoms with E-state index in [0.29, 0.717) is 0 Å². The molecule has 16 heavy (non-hydrogen) atoms. The minimum absolute atomic E-state index is 0.720. The summed E-state index contributed by atoms with van der Waals surface area (Å²) in [6.07, 6.45) is 0. The zero-order chi connectivity index (χ0) is 11.7. The summed E-state index contributed by atoms with van der Waals surface area (Å²) >= 11 is 0. The van der Waals surface area contributed by atoms with Crippen LogP contribution in [0.5, 0.6) is 0 Å². The molecule has 1 heterocycles. The molecular weight excluding hydrogens is 202 g/mol. The lowest BCUT2D eigenvalue weighted by Gasteiger charge is -2.08. The van der Waals surface area contributed by atoms with E-state index in [2.05, 4.69) is 15.5 Å². The number of rotatable bonds is 2. The number of anilines is 2. The van der Waals surface area contributed by atoms with Gasteiger partial charge in [-0.2, -0.15) is 0 Å². The van der Waals surface area contributed by atoms with Gasteiger partial charge in [0.15, 0.2) is 5.82 Å². The highest BCUT2D eigenvalue weighted by Crippen LogP contribution is 2.28. The van der Waals surface area contributed by atoms with Crippen LogP contribution in [0.2, 0.25) is 0 Å². The molecule has 0 fully saturated rings. The largest absolute Gasteiger partial charge is 0.398 e. The van der Waals surface area contributed by atoms with Gasteiger partial charge in [0.05, 0.1) is 0 Å². The topological polar surface area (TPSA) is 68.8 Å². The molecule has 0 spiro atoms. The molecule has 1 aromatic carbocycles. The quantitative estimate of drug-likeness (QED) is 0.746. The molecule has 2 aromatic rings. The first-order valence-corrected chi connectivity index (χ1v) is 5.07. The van der Waals surface area contributed by atoms with E-state index in [1.54, 1.807) is 0 Å². The van der Waals surface area contributed by atoms with Crippen LogP contribution in [0.4, 0.5) is 11.6 Å². The Morgan fingerprint density at radius 1 is 1.31 bits per heavy atom. The third kappa shape index (κ3) is 1.50. The Labute approximate surface area is 94.3 Å². The number of nitrogens with two attached hydrogens (primary N) is 1. The molecule has 0 saturated carbocycles. The Morgan fingerprint density at radius 3 is 2.62 bits per heavy atom. The number of hydrogen-bond acceptors (Lipinski definition) is 4. The van der Waals surface area contributed by atoms with Crippen LogP contribution in [0.15, 0.2) is 18.2 Å². The highest BCUT2D eigenvalue weighted by molar-refractivity contribution is 5.75. The van der Waals surface area contributed by atoms with Gasteiger partial charge in [-0.1, -0.05) is 12.1 Å². The second-order valence-corrected chi connectivity index (χ2v) is 3.70. The van der Waals surface area contributed by atoms with Crippen LogP contribution in [0.3, 0.4) is 0 Å². The van der Waals surface area contributed by atoms with Gasteiger partial charge in [0.1, 0.15) is 0 Å². The van der Waals surface area contributed by atoms with Gasteiger partial charge in [0.2, 0.25) is 5.95 Å². The minimum atomic E-state index is 0.720. The van der Waals surface area contributed by atoms with E-state index in [9.17, 15) is 0 Å². The molecule has 0 atom stereocenters. The number of nitrogens with zero attached hydrogens (tertiary/aromatic N) is 3. The van der Waals surface area contributed by atoms with Gasteiger partial charge < -0.3 is 11.1 Å². The summed E-state index contributed by atoms with van der Waals surface area (Å²) in [6.45, 7) is 2.01. The maximum absolute atomic E-state index is 5.97. The second-order valence-electron chi connectivity index (χ2n) is 3.70. The highest BCUT2D eigenvalue weighted by Gasteiger charge is 2.13. The van der Waals surface area contributed by atoms with Gasteiger partial charge in [-0.15, -0.1) is 10.2 Å². The van der Waals surface area contributed by atoms with E-state index in [1.165, 1.54) is 0 Å². The van der Waals surface area contributed by atoms with Crippen molar-refractivity contribution in [1.29, 1.82) is 0 Å². The van der Waals surface area contributed by atoms with Crippen LogP contribution in [0.1, 0.15) is 5.56 Å². The molecular formula is C11H15N5. The van der Waals surface area contributed by atoms with Crippen molar-refractivity contribution >= 4 is 11.6 Å². The summed E-state index contributed by atoms with van der Waals surface area (Å²) in [7, 11) is 3.72. The van der Waals surface area contributed by atoms with Crippen molar-refractivity contribution in [2.75, 3.05) is 18.1 Å². The van der Waals surface area contributed by atoms with Crippen LogP contribution < -0.4 is 11.1 Å². The number of benzene rings is 1. The van der Waals surface area contributed by atoms with Crippen LogP contribution in [0.25, 0.3) is 11.4 Å². The predicted molar refractivity (Wildman–Crippen MR) is 65.1 cm³/mol. The monoisotopic (exact) mass is 217 g/mol. The first-order chi connectivity index (χ1) is 7.65. The number of nitrogens with one attached hydrogen (secondary N) is 1. The van der Waals surface area contributed by atoms with E-state index in [1.807, 2.05) is 43.8 Å². The lowest BCUT2D eigenvalue weighted by molar-refractivity contribution is 0.924. The summed E-state index contributed by atoms with van der Waals surface area (Å²) in [4.78, 5) is 0. The Hall–Kier alpha value is -2.04. The lowest BCUT2D eigenvalue weighted by atomic mass is 10.1. The fraction of sp³-hybridized carbons (Fsp3) is 0.273. The number of hydrogen-bond donors (Lipinski definition) is 2. The standard InChI is InChI=1S/C11H15N5/c1-7-5-4-6-8(12)9(7)10-14-15-11(13-2)16(10)3/h4-6H,12H2,1-3H3,(H,13,15). The molecule has 0 radical (unpaired) electrons. The fourth-order valence-corrected chi connectivity index (χ4v) is 1.76. The van der Waals surface area contributed by atoms with E-state index in [4.69, 9.17) is 5.73 Å². The van der Waals surface area contributed by atoms with Crippen molar-refractivity contribution < 1.29 is 0 Å². The van der Waals surface area contributed by atoms with Crippen LogP contribution >= 0.6 is 0 Å². The Balaban J connectivity index is 2.63. The fourth-order valence-electron chi connectivity index (χ4n) is 1.76. The first-order valence-electron chi connectivity index (χ1n) is 5.07. The Morgan fingerprint density at radius 2 is 2.06 bits per heavy atom. The molecule has 0 saturated heterocycles. The van der Waals surface area contributed by atoms with Gasteiger partial charge in [-0.3, -0.25) is 4.57 Å². The molecule has 84 valence electrons. The van der Waals surface area contributed by atoms with Crippen LogP contribution in [-0.4, -0.2) is 21.8 Å². The molecule has 0 bridgehead atoms. The molecule has 0 aliphatic rings. The molecule has 2 rings (SSSR count). The molecule has 0 aliphatic carbocycles. The van der Waals surface area contributed by atoms with Gasteiger partial charge in [-0.05, 0) is 18.6 Å². The third-order valence-electron chi connectivity index (χ3n) is 2.63. The number of nitrogen functional groups attached to an aromatic ring is 1. The van der Waals surface area contributed by atoms with E-state index in [-0.39, 0.29) is 0 Å².